The fourth-order valence-electron chi connectivity index (χ4n) is 6.81. The highest BCUT2D eigenvalue weighted by atomic mass is 16.6. The van der Waals surface area contributed by atoms with Gasteiger partial charge in [0, 0.05) is 13.1 Å². The van der Waals surface area contributed by atoms with Crippen LogP contribution in [0.3, 0.4) is 0 Å². The van der Waals surface area contributed by atoms with Gasteiger partial charge >= 0.3 is 0 Å². The van der Waals surface area contributed by atoms with Gasteiger partial charge in [-0.3, -0.25) is 18.7 Å². The van der Waals surface area contributed by atoms with E-state index in [0.717, 1.165) is 0 Å². The molecule has 24 heteroatoms. The summed E-state index contributed by atoms with van der Waals surface area (Å²) in [4.78, 5) is 53.2. The average molecular weight is 835 g/mol. The van der Waals surface area contributed by atoms with E-state index in [-0.39, 0.29) is 37.8 Å². The highest BCUT2D eigenvalue weighted by Gasteiger charge is 2.46. The zero-order valence-electron chi connectivity index (χ0n) is 32.9. The normalized spacial score (nSPS) is 24.9. The van der Waals surface area contributed by atoms with E-state index in [1.165, 1.54) is 34.4 Å². The molecule has 60 heavy (non-hydrogen) atoms. The van der Waals surface area contributed by atoms with E-state index >= 15 is 0 Å². The fraction of sp³-hybridized carbons (Fsp3) is 0.556. The van der Waals surface area contributed by atoms with Crippen molar-refractivity contribution in [2.24, 2.45) is 11.5 Å². The van der Waals surface area contributed by atoms with Crippen molar-refractivity contribution in [1.82, 2.24) is 59.5 Å². The summed E-state index contributed by atoms with van der Waals surface area (Å²) in [5.41, 5.74) is 25.3. The predicted octanol–water partition coefficient (Wildman–Crippen LogP) is -5.39. The van der Waals surface area contributed by atoms with Gasteiger partial charge in [0.05, 0.1) is 37.8 Å². The predicted molar refractivity (Wildman–Crippen MR) is 213 cm³/mol. The molecule has 0 bridgehead atoms. The molecule has 2 fully saturated rings. The van der Waals surface area contributed by atoms with E-state index in [1.807, 2.05) is 9.80 Å². The number of likely N-dealkylation sites (N-methyl/N-ethyl adjacent to an activating group) is 2. The fourth-order valence-corrected chi connectivity index (χ4v) is 6.81. The smallest absolute Gasteiger partial charge is 0.237 e. The van der Waals surface area contributed by atoms with E-state index in [0.29, 0.717) is 48.3 Å². The van der Waals surface area contributed by atoms with Crippen LogP contribution in [0.5, 0.6) is 0 Å². The van der Waals surface area contributed by atoms with Crippen molar-refractivity contribution >= 4 is 45.8 Å². The second-order valence-electron chi connectivity index (χ2n) is 14.6. The number of fused-ring (bicyclic) bond motifs is 2. The number of nitrogens with two attached hydrogens (primary N) is 4. The number of amides is 2. The van der Waals surface area contributed by atoms with Gasteiger partial charge in [0.25, 0.3) is 0 Å². The minimum absolute atomic E-state index is 0.00967. The van der Waals surface area contributed by atoms with Crippen LogP contribution in [0, 0.1) is 23.7 Å². The van der Waals surface area contributed by atoms with Crippen molar-refractivity contribution < 1.29 is 39.5 Å². The van der Waals surface area contributed by atoms with E-state index in [1.54, 1.807) is 14.1 Å². The molecule has 2 saturated heterocycles. The molecule has 322 valence electrons. The van der Waals surface area contributed by atoms with Crippen molar-refractivity contribution in [1.29, 1.82) is 0 Å². The molecule has 2 aliphatic rings. The van der Waals surface area contributed by atoms with Crippen LogP contribution < -0.4 is 33.6 Å². The Morgan fingerprint density at radius 2 is 1.10 bits per heavy atom. The first-order valence-corrected chi connectivity index (χ1v) is 19.0. The Labute approximate surface area is 343 Å². The van der Waals surface area contributed by atoms with Gasteiger partial charge in [0.15, 0.2) is 35.4 Å². The quantitative estimate of drug-likeness (QED) is 0.0471. The lowest BCUT2D eigenvalue weighted by molar-refractivity contribution is -0.123. The Morgan fingerprint density at radius 3 is 1.50 bits per heavy atom. The van der Waals surface area contributed by atoms with Gasteiger partial charge in [0.2, 0.25) is 11.8 Å². The highest BCUT2D eigenvalue weighted by molar-refractivity contribution is 5.83. The van der Waals surface area contributed by atoms with Crippen LogP contribution in [0.2, 0.25) is 0 Å². The molecule has 0 aliphatic carbocycles. The molecule has 0 unspecified atom stereocenters. The molecule has 4 aromatic rings. The Bertz CT molecular complexity index is 2100. The molecule has 2 aliphatic heterocycles. The van der Waals surface area contributed by atoms with E-state index in [9.17, 15) is 30.0 Å². The number of anilines is 2. The molecule has 4 aromatic heterocycles. The van der Waals surface area contributed by atoms with E-state index in [4.69, 9.17) is 32.4 Å². The number of aromatic nitrogens is 8. The largest absolute Gasteiger partial charge is 0.387 e. The lowest BCUT2D eigenvalue weighted by atomic mass is 10.1. The van der Waals surface area contributed by atoms with E-state index in [2.05, 4.69) is 64.2 Å². The highest BCUT2D eigenvalue weighted by Crippen LogP contribution is 2.33. The van der Waals surface area contributed by atoms with Crippen LogP contribution in [-0.4, -0.2) is 183 Å². The molecule has 0 radical (unpaired) electrons. The van der Waals surface area contributed by atoms with E-state index < -0.39 is 73.0 Å². The monoisotopic (exact) mass is 834 g/mol. The van der Waals surface area contributed by atoms with Crippen LogP contribution >= 0.6 is 0 Å². The topological polar surface area (TPSA) is 355 Å². The molecular weight excluding hydrogens is 784 g/mol. The Morgan fingerprint density at radius 1 is 0.700 bits per heavy atom. The van der Waals surface area contributed by atoms with Crippen LogP contribution in [0.1, 0.15) is 25.3 Å². The number of ether oxygens (including phenoxy) is 2. The lowest BCUT2D eigenvalue weighted by Gasteiger charge is -2.23. The Balaban J connectivity index is 0.832. The first-order valence-electron chi connectivity index (χ1n) is 19.0. The van der Waals surface area contributed by atoms with Crippen LogP contribution in [-0.2, 0) is 19.1 Å². The molecule has 14 N–H and O–H groups in total. The van der Waals surface area contributed by atoms with Gasteiger partial charge in [-0.05, 0) is 51.9 Å². The van der Waals surface area contributed by atoms with Crippen molar-refractivity contribution in [2.75, 3.05) is 64.8 Å². The zero-order valence-corrected chi connectivity index (χ0v) is 32.9. The maximum Gasteiger partial charge on any atom is 0.237 e. The average Bonchev–Trinajstić information content (AvgIpc) is 3.99. The number of carbonyl (C=O) groups is 2. The van der Waals surface area contributed by atoms with Gasteiger partial charge in [-0.25, -0.2) is 29.9 Å². The summed E-state index contributed by atoms with van der Waals surface area (Å²) >= 11 is 0. The number of carbonyl (C=O) groups excluding carboxylic acids is 2. The summed E-state index contributed by atoms with van der Waals surface area (Å²) in [7, 11) is 3.56. The number of aliphatic hydroxyl groups excluding tert-OH is 4. The van der Waals surface area contributed by atoms with Crippen molar-refractivity contribution in [3.05, 3.63) is 25.3 Å². The summed E-state index contributed by atoms with van der Waals surface area (Å²) in [5, 5.41) is 48.1. The standard InChI is InChI=1S/C36H50N16O8/c1-49(13-21-25(53)27(55)35(59-21)51-17-47-23-29(39)43-15-45-31(23)51)11-7-19(37)33(57)41-9-5-3-4-6-10-42-34(58)20(38)8-12-50(2)14-22-26(54)28(56)36(60-22)52-18-48-24-30(40)44-16-46-32(24)52/h15-22,25-28,35-36,53-56H,7-14,37-38H2,1-2H3,(H,41,57)(H,42,58)(H2,39,43,45)(H2,40,44,46)/t19-,20-,21+,22+,25+,26+,27+,28+,35+,36+/m0/s1. The third-order valence-electron chi connectivity index (χ3n) is 10.2. The summed E-state index contributed by atoms with van der Waals surface area (Å²) in [6, 6.07) is -1.66. The van der Waals surface area contributed by atoms with Gasteiger partial charge in [0.1, 0.15) is 60.3 Å². The third kappa shape index (κ3) is 10.0. The van der Waals surface area contributed by atoms with Crippen LogP contribution in [0.4, 0.5) is 11.6 Å². The molecule has 10 atom stereocenters. The number of aliphatic hydroxyl groups is 4. The maximum atomic E-state index is 12.5. The first-order chi connectivity index (χ1) is 28.7. The van der Waals surface area contributed by atoms with Gasteiger partial charge in [-0.2, -0.15) is 0 Å². The maximum absolute atomic E-state index is 12.5. The number of rotatable bonds is 16. The summed E-state index contributed by atoms with van der Waals surface area (Å²) in [5.74, 6) is 10.2. The molecule has 6 rings (SSSR count). The first kappa shape index (κ1) is 43.9. The second-order valence-corrected chi connectivity index (χ2v) is 14.6. The summed E-state index contributed by atoms with van der Waals surface area (Å²) in [6.07, 6.45) is -2.27. The van der Waals surface area contributed by atoms with Gasteiger partial charge in [-0.1, -0.05) is 11.8 Å². The SMILES string of the molecule is CN(CC[C@H](N)C(=O)NCC#CC#CCNC(=O)[C@@H](N)CCN(C)C[C@H]1O[C@@H](n2cnc3c(N)ncnc32)[C@H](O)[C@@H]1O)C[C@H]1O[C@@H](n2cnc3c(N)ncnc32)[C@H](O)[C@@H]1O. The number of nitrogen functional groups attached to an aromatic ring is 2. The minimum Gasteiger partial charge on any atom is -0.387 e. The molecule has 24 nitrogen and oxygen atoms in total. The molecule has 6 heterocycles. The summed E-state index contributed by atoms with van der Waals surface area (Å²) in [6.45, 7) is 1.30. The van der Waals surface area contributed by atoms with Crippen LogP contribution in [0.25, 0.3) is 22.3 Å². The molecular formula is C36H50N16O8. The molecule has 0 spiro atoms. The number of nitrogens with one attached hydrogen (secondary N) is 2. The number of hydrogen-bond donors (Lipinski definition) is 10. The molecule has 2 amide bonds. The number of imidazole rings is 2. The Kier molecular flexibility index (Phi) is 14.4. The van der Waals surface area contributed by atoms with Gasteiger partial charge < -0.3 is 73.3 Å². The minimum atomic E-state index is -1.25. The van der Waals surface area contributed by atoms with Crippen molar-refractivity contribution in [3.63, 3.8) is 0 Å². The number of nitrogens with zero attached hydrogens (tertiary/aromatic N) is 10. The third-order valence-corrected chi connectivity index (χ3v) is 10.2. The van der Waals surface area contributed by atoms with Crippen molar-refractivity contribution in [2.45, 2.75) is 74.0 Å². The summed E-state index contributed by atoms with van der Waals surface area (Å²) < 4.78 is 15.0. The second kappa shape index (κ2) is 19.6. The molecule has 0 saturated carbocycles. The van der Waals surface area contributed by atoms with Crippen LogP contribution in [0.15, 0.2) is 25.3 Å². The molecule has 0 aromatic carbocycles. The Hall–Kier alpha value is -5.64. The lowest BCUT2D eigenvalue weighted by Crippen LogP contribution is -2.44. The number of hydrogen-bond acceptors (Lipinski definition) is 20. The zero-order chi connectivity index (χ0) is 43.1. The van der Waals surface area contributed by atoms with Gasteiger partial charge in [-0.15, -0.1) is 0 Å². The van der Waals surface area contributed by atoms with Crippen molar-refractivity contribution in [3.8, 4) is 23.7 Å².